The Hall–Kier alpha value is -1.71. The minimum absolute atomic E-state index is 0.265. The van der Waals surface area contributed by atoms with Crippen molar-refractivity contribution in [3.8, 4) is 5.75 Å². The Morgan fingerprint density at radius 2 is 2.22 bits per heavy atom. The van der Waals surface area contributed by atoms with Crippen molar-refractivity contribution in [2.75, 3.05) is 12.4 Å². The normalized spacial score (nSPS) is 11.9. The zero-order chi connectivity index (χ0) is 13.5. The molecule has 0 aromatic heterocycles. The SMILES string of the molecule is CCCCC(C)Nc1cc(C(=O)O)ccc1OC. The van der Waals surface area contributed by atoms with Crippen LogP contribution in [0.1, 0.15) is 43.5 Å². The van der Waals surface area contributed by atoms with Crippen LogP contribution in [0.5, 0.6) is 5.75 Å². The third kappa shape index (κ3) is 3.95. The van der Waals surface area contributed by atoms with Crippen molar-refractivity contribution in [2.45, 2.75) is 39.2 Å². The van der Waals surface area contributed by atoms with Gasteiger partial charge in [-0.25, -0.2) is 4.79 Å². The van der Waals surface area contributed by atoms with Crippen LogP contribution in [0, 0.1) is 0 Å². The molecule has 1 atom stereocenters. The van der Waals surface area contributed by atoms with Crippen LogP contribution in [-0.2, 0) is 0 Å². The monoisotopic (exact) mass is 251 g/mol. The summed E-state index contributed by atoms with van der Waals surface area (Å²) in [4.78, 5) is 10.9. The van der Waals surface area contributed by atoms with Crippen molar-refractivity contribution in [1.82, 2.24) is 0 Å². The lowest BCUT2D eigenvalue weighted by atomic mass is 10.1. The number of carboxylic acid groups (broad SMARTS) is 1. The van der Waals surface area contributed by atoms with E-state index in [0.29, 0.717) is 11.8 Å². The van der Waals surface area contributed by atoms with E-state index < -0.39 is 5.97 Å². The Bertz CT molecular complexity index is 404. The highest BCUT2D eigenvalue weighted by Gasteiger charge is 2.10. The van der Waals surface area contributed by atoms with Gasteiger partial charge in [-0.3, -0.25) is 0 Å². The zero-order valence-electron chi connectivity index (χ0n) is 11.2. The molecule has 18 heavy (non-hydrogen) atoms. The number of aromatic carboxylic acids is 1. The van der Waals surface area contributed by atoms with E-state index in [2.05, 4.69) is 19.2 Å². The number of hydrogen-bond donors (Lipinski definition) is 2. The number of rotatable bonds is 7. The number of methoxy groups -OCH3 is 1. The molecule has 0 aliphatic heterocycles. The van der Waals surface area contributed by atoms with Gasteiger partial charge in [0, 0.05) is 6.04 Å². The van der Waals surface area contributed by atoms with Crippen molar-refractivity contribution in [1.29, 1.82) is 0 Å². The minimum Gasteiger partial charge on any atom is -0.495 e. The number of unbranched alkanes of at least 4 members (excludes halogenated alkanes) is 1. The van der Waals surface area contributed by atoms with Crippen molar-refractivity contribution in [3.63, 3.8) is 0 Å². The fraction of sp³-hybridized carbons (Fsp3) is 0.500. The number of anilines is 1. The highest BCUT2D eigenvalue weighted by atomic mass is 16.5. The summed E-state index contributed by atoms with van der Waals surface area (Å²) >= 11 is 0. The lowest BCUT2D eigenvalue weighted by Gasteiger charge is -2.17. The molecule has 2 N–H and O–H groups in total. The molecule has 4 heteroatoms. The molecule has 0 saturated carbocycles. The van der Waals surface area contributed by atoms with Crippen LogP contribution in [-0.4, -0.2) is 24.2 Å². The molecule has 1 unspecified atom stereocenters. The van der Waals surface area contributed by atoms with Crippen LogP contribution in [0.3, 0.4) is 0 Å². The smallest absolute Gasteiger partial charge is 0.335 e. The Morgan fingerprint density at radius 1 is 1.50 bits per heavy atom. The summed E-state index contributed by atoms with van der Waals surface area (Å²) in [5.41, 5.74) is 1.00. The van der Waals surface area contributed by atoms with E-state index in [0.717, 1.165) is 24.9 Å². The Kier molecular flexibility index (Phi) is 5.49. The first kappa shape index (κ1) is 14.4. The molecule has 0 amide bonds. The van der Waals surface area contributed by atoms with Crippen LogP contribution in [0.15, 0.2) is 18.2 Å². The number of carboxylic acids is 1. The van der Waals surface area contributed by atoms with E-state index in [1.54, 1.807) is 25.3 Å². The standard InChI is InChI=1S/C14H21NO3/c1-4-5-6-10(2)15-12-9-11(14(16)17)7-8-13(12)18-3/h7-10,15H,4-6H2,1-3H3,(H,16,17). The largest absolute Gasteiger partial charge is 0.495 e. The van der Waals surface area contributed by atoms with Crippen LogP contribution in [0.4, 0.5) is 5.69 Å². The first-order chi connectivity index (χ1) is 8.58. The summed E-state index contributed by atoms with van der Waals surface area (Å²) in [6.45, 7) is 4.24. The minimum atomic E-state index is -0.929. The second-order valence-electron chi connectivity index (χ2n) is 4.41. The lowest BCUT2D eigenvalue weighted by Crippen LogP contribution is -2.16. The summed E-state index contributed by atoms with van der Waals surface area (Å²) in [6, 6.07) is 5.13. The third-order valence-corrected chi connectivity index (χ3v) is 2.84. The molecule has 0 aliphatic rings. The quantitative estimate of drug-likeness (QED) is 0.780. The van der Waals surface area contributed by atoms with Gasteiger partial charge in [0.15, 0.2) is 0 Å². The first-order valence-corrected chi connectivity index (χ1v) is 6.26. The summed E-state index contributed by atoms with van der Waals surface area (Å²) in [5, 5.41) is 12.3. The summed E-state index contributed by atoms with van der Waals surface area (Å²) < 4.78 is 5.23. The van der Waals surface area contributed by atoms with Gasteiger partial charge in [-0.05, 0) is 31.5 Å². The van der Waals surface area contributed by atoms with Crippen LogP contribution < -0.4 is 10.1 Å². The Balaban J connectivity index is 2.84. The van der Waals surface area contributed by atoms with Crippen LogP contribution >= 0.6 is 0 Å². The van der Waals surface area contributed by atoms with E-state index >= 15 is 0 Å². The molecule has 0 spiro atoms. The van der Waals surface area contributed by atoms with E-state index in [1.165, 1.54) is 0 Å². The van der Waals surface area contributed by atoms with Crippen molar-refractivity contribution in [3.05, 3.63) is 23.8 Å². The van der Waals surface area contributed by atoms with E-state index in [4.69, 9.17) is 9.84 Å². The van der Waals surface area contributed by atoms with Gasteiger partial charge in [0.2, 0.25) is 0 Å². The zero-order valence-corrected chi connectivity index (χ0v) is 11.2. The fourth-order valence-corrected chi connectivity index (χ4v) is 1.80. The van der Waals surface area contributed by atoms with Gasteiger partial charge in [-0.15, -0.1) is 0 Å². The molecule has 100 valence electrons. The molecule has 1 aromatic rings. The number of hydrogen-bond acceptors (Lipinski definition) is 3. The summed E-state index contributed by atoms with van der Waals surface area (Å²) in [6.07, 6.45) is 3.35. The Morgan fingerprint density at radius 3 is 2.78 bits per heavy atom. The maximum absolute atomic E-state index is 10.9. The highest BCUT2D eigenvalue weighted by Crippen LogP contribution is 2.26. The second kappa shape index (κ2) is 6.89. The van der Waals surface area contributed by atoms with E-state index in [1.807, 2.05) is 0 Å². The molecular weight excluding hydrogens is 230 g/mol. The number of ether oxygens (including phenoxy) is 1. The predicted molar refractivity (Wildman–Crippen MR) is 72.6 cm³/mol. The second-order valence-corrected chi connectivity index (χ2v) is 4.41. The van der Waals surface area contributed by atoms with Crippen LogP contribution in [0.2, 0.25) is 0 Å². The maximum Gasteiger partial charge on any atom is 0.335 e. The molecule has 1 rings (SSSR count). The average Bonchev–Trinajstić information content (AvgIpc) is 2.36. The fourth-order valence-electron chi connectivity index (χ4n) is 1.80. The van der Waals surface area contributed by atoms with E-state index in [-0.39, 0.29) is 5.56 Å². The number of carbonyl (C=O) groups is 1. The molecule has 0 radical (unpaired) electrons. The molecule has 0 aliphatic carbocycles. The summed E-state index contributed by atoms with van der Waals surface area (Å²) in [5.74, 6) is -0.259. The van der Waals surface area contributed by atoms with Gasteiger partial charge in [0.1, 0.15) is 5.75 Å². The van der Waals surface area contributed by atoms with Crippen LogP contribution in [0.25, 0.3) is 0 Å². The van der Waals surface area contributed by atoms with Gasteiger partial charge >= 0.3 is 5.97 Å². The molecule has 0 heterocycles. The van der Waals surface area contributed by atoms with Crippen molar-refractivity contribution >= 4 is 11.7 Å². The molecule has 0 fully saturated rings. The van der Waals surface area contributed by atoms with Gasteiger partial charge in [-0.1, -0.05) is 19.8 Å². The van der Waals surface area contributed by atoms with Crippen molar-refractivity contribution < 1.29 is 14.6 Å². The highest BCUT2D eigenvalue weighted by molar-refractivity contribution is 5.89. The number of nitrogens with one attached hydrogen (secondary N) is 1. The molecule has 4 nitrogen and oxygen atoms in total. The predicted octanol–water partition coefficient (Wildman–Crippen LogP) is 3.38. The van der Waals surface area contributed by atoms with Gasteiger partial charge in [-0.2, -0.15) is 0 Å². The summed E-state index contributed by atoms with van der Waals surface area (Å²) in [7, 11) is 1.58. The molecule has 0 saturated heterocycles. The maximum atomic E-state index is 10.9. The molecular formula is C14H21NO3. The number of benzene rings is 1. The van der Waals surface area contributed by atoms with E-state index in [9.17, 15) is 4.79 Å². The molecule has 1 aromatic carbocycles. The third-order valence-electron chi connectivity index (χ3n) is 2.84. The Labute approximate surface area is 108 Å². The average molecular weight is 251 g/mol. The first-order valence-electron chi connectivity index (χ1n) is 6.26. The van der Waals surface area contributed by atoms with Crippen molar-refractivity contribution in [2.24, 2.45) is 0 Å². The molecule has 0 bridgehead atoms. The lowest BCUT2D eigenvalue weighted by molar-refractivity contribution is 0.0697. The topological polar surface area (TPSA) is 58.6 Å². The van der Waals surface area contributed by atoms with Gasteiger partial charge in [0.05, 0.1) is 18.4 Å². The van der Waals surface area contributed by atoms with Gasteiger partial charge < -0.3 is 15.2 Å². The van der Waals surface area contributed by atoms with Gasteiger partial charge in [0.25, 0.3) is 0 Å².